The topological polar surface area (TPSA) is 58.4 Å². The van der Waals surface area contributed by atoms with Gasteiger partial charge in [0.25, 0.3) is 5.91 Å². The standard InChI is InChI=1S/C19H22F3N3O2/c1-11-12(2)27-13(3)17(11)18(26)24-15-6-8-25(9-7-15)16-5-4-14(10-23-16)19(20,21)22/h4-5,10,15H,6-9H2,1-3H3,(H,24,26). The number of hydrogen-bond acceptors (Lipinski definition) is 4. The molecule has 0 radical (unpaired) electrons. The highest BCUT2D eigenvalue weighted by molar-refractivity contribution is 5.97. The van der Waals surface area contributed by atoms with E-state index in [1.54, 1.807) is 6.92 Å². The number of aromatic nitrogens is 1. The predicted molar refractivity (Wildman–Crippen MR) is 94.9 cm³/mol. The van der Waals surface area contributed by atoms with Crippen molar-refractivity contribution in [2.24, 2.45) is 0 Å². The van der Waals surface area contributed by atoms with Gasteiger partial charge in [0.2, 0.25) is 0 Å². The zero-order valence-corrected chi connectivity index (χ0v) is 15.5. The molecule has 0 aromatic carbocycles. The molecule has 1 N–H and O–H groups in total. The van der Waals surface area contributed by atoms with Crippen molar-refractivity contribution in [1.29, 1.82) is 0 Å². The van der Waals surface area contributed by atoms with Crippen molar-refractivity contribution in [1.82, 2.24) is 10.3 Å². The molecule has 0 spiro atoms. The van der Waals surface area contributed by atoms with Crippen LogP contribution in [0.25, 0.3) is 0 Å². The van der Waals surface area contributed by atoms with Crippen LogP contribution in [0.3, 0.4) is 0 Å². The molecular formula is C19H22F3N3O2. The van der Waals surface area contributed by atoms with E-state index in [2.05, 4.69) is 10.3 Å². The first kappa shape index (κ1) is 19.3. The second kappa shape index (κ2) is 7.25. The maximum absolute atomic E-state index is 12.6. The zero-order valence-electron chi connectivity index (χ0n) is 15.5. The van der Waals surface area contributed by atoms with Gasteiger partial charge in [0, 0.05) is 30.9 Å². The highest BCUT2D eigenvalue weighted by atomic mass is 19.4. The normalized spacial score (nSPS) is 15.9. The van der Waals surface area contributed by atoms with Crippen LogP contribution in [0.1, 0.15) is 45.8 Å². The molecule has 0 aliphatic carbocycles. The number of carbonyl (C=O) groups is 1. The highest BCUT2D eigenvalue weighted by Crippen LogP contribution is 2.30. The van der Waals surface area contributed by atoms with E-state index in [9.17, 15) is 18.0 Å². The molecule has 1 amide bonds. The number of furan rings is 1. The SMILES string of the molecule is Cc1oc(C)c(C(=O)NC2CCN(c3ccc(C(F)(F)F)cn3)CC2)c1C. The van der Waals surface area contributed by atoms with E-state index in [1.807, 2.05) is 18.7 Å². The molecule has 1 saturated heterocycles. The second-order valence-electron chi connectivity index (χ2n) is 6.85. The van der Waals surface area contributed by atoms with E-state index >= 15 is 0 Å². The first-order valence-electron chi connectivity index (χ1n) is 8.82. The van der Waals surface area contributed by atoms with Crippen molar-refractivity contribution in [3.8, 4) is 0 Å². The third-order valence-electron chi connectivity index (χ3n) is 5.02. The molecule has 1 aliphatic heterocycles. The number of hydrogen-bond donors (Lipinski definition) is 1. The number of carbonyl (C=O) groups excluding carboxylic acids is 1. The molecule has 0 bridgehead atoms. The highest BCUT2D eigenvalue weighted by Gasteiger charge is 2.31. The van der Waals surface area contributed by atoms with Gasteiger partial charge in [-0.1, -0.05) is 0 Å². The molecule has 3 heterocycles. The molecule has 0 unspecified atom stereocenters. The van der Waals surface area contributed by atoms with Gasteiger partial charge in [-0.15, -0.1) is 0 Å². The lowest BCUT2D eigenvalue weighted by Gasteiger charge is -2.33. The molecular weight excluding hydrogens is 359 g/mol. The van der Waals surface area contributed by atoms with Crippen LogP contribution < -0.4 is 10.2 Å². The Kier molecular flexibility index (Phi) is 5.17. The third-order valence-corrected chi connectivity index (χ3v) is 5.02. The Morgan fingerprint density at radius 2 is 1.85 bits per heavy atom. The molecule has 8 heteroatoms. The minimum absolute atomic E-state index is 0.0113. The largest absolute Gasteiger partial charge is 0.466 e. The first-order valence-corrected chi connectivity index (χ1v) is 8.82. The maximum Gasteiger partial charge on any atom is 0.417 e. The molecule has 0 atom stereocenters. The van der Waals surface area contributed by atoms with Gasteiger partial charge in [-0.3, -0.25) is 4.79 Å². The number of anilines is 1. The van der Waals surface area contributed by atoms with E-state index < -0.39 is 11.7 Å². The van der Waals surface area contributed by atoms with Gasteiger partial charge in [-0.25, -0.2) is 4.98 Å². The number of halogens is 3. The van der Waals surface area contributed by atoms with Crippen LogP contribution in [0.15, 0.2) is 22.7 Å². The fourth-order valence-corrected chi connectivity index (χ4v) is 3.38. The minimum Gasteiger partial charge on any atom is -0.466 e. The van der Waals surface area contributed by atoms with Gasteiger partial charge in [-0.2, -0.15) is 13.2 Å². The zero-order chi connectivity index (χ0) is 19.8. The van der Waals surface area contributed by atoms with Crippen LogP contribution in [-0.2, 0) is 6.18 Å². The van der Waals surface area contributed by atoms with Crippen molar-refractivity contribution in [2.75, 3.05) is 18.0 Å². The molecule has 27 heavy (non-hydrogen) atoms. The molecule has 2 aromatic rings. The van der Waals surface area contributed by atoms with Crippen molar-refractivity contribution in [3.63, 3.8) is 0 Å². The lowest BCUT2D eigenvalue weighted by Crippen LogP contribution is -2.45. The van der Waals surface area contributed by atoms with Gasteiger partial charge < -0.3 is 14.6 Å². The summed E-state index contributed by atoms with van der Waals surface area (Å²) < 4.78 is 43.4. The monoisotopic (exact) mass is 381 g/mol. The first-order chi connectivity index (χ1) is 12.7. The van der Waals surface area contributed by atoms with Crippen LogP contribution in [0.4, 0.5) is 19.0 Å². The van der Waals surface area contributed by atoms with Gasteiger partial charge in [-0.05, 0) is 45.7 Å². The van der Waals surface area contributed by atoms with Gasteiger partial charge in [0.15, 0.2) is 0 Å². The van der Waals surface area contributed by atoms with Crippen LogP contribution >= 0.6 is 0 Å². The van der Waals surface area contributed by atoms with Crippen LogP contribution in [-0.4, -0.2) is 30.0 Å². The Labute approximate surface area is 155 Å². The molecule has 0 saturated carbocycles. The van der Waals surface area contributed by atoms with Gasteiger partial charge in [0.1, 0.15) is 17.3 Å². The second-order valence-corrected chi connectivity index (χ2v) is 6.85. The summed E-state index contributed by atoms with van der Waals surface area (Å²) in [4.78, 5) is 18.4. The van der Waals surface area contributed by atoms with Crippen molar-refractivity contribution in [2.45, 2.75) is 45.8 Å². The Hall–Kier alpha value is -2.51. The van der Waals surface area contributed by atoms with Crippen molar-refractivity contribution >= 4 is 11.7 Å². The number of rotatable bonds is 3. The number of nitrogens with zero attached hydrogens (tertiary/aromatic N) is 2. The summed E-state index contributed by atoms with van der Waals surface area (Å²) >= 11 is 0. The Bertz CT molecular complexity index is 820. The average Bonchev–Trinajstić information content (AvgIpc) is 2.87. The molecule has 2 aromatic heterocycles. The van der Waals surface area contributed by atoms with Crippen LogP contribution in [0.2, 0.25) is 0 Å². The molecule has 3 rings (SSSR count). The third kappa shape index (κ3) is 4.09. The summed E-state index contributed by atoms with van der Waals surface area (Å²) in [6.07, 6.45) is -2.13. The number of pyridine rings is 1. The van der Waals surface area contributed by atoms with Crippen molar-refractivity contribution < 1.29 is 22.4 Å². The lowest BCUT2D eigenvalue weighted by atomic mass is 10.0. The number of nitrogens with one attached hydrogen (secondary N) is 1. The summed E-state index contributed by atoms with van der Waals surface area (Å²) in [5.41, 5.74) is 0.672. The van der Waals surface area contributed by atoms with E-state index in [0.29, 0.717) is 43.1 Å². The quantitative estimate of drug-likeness (QED) is 0.873. The fraction of sp³-hybridized carbons (Fsp3) is 0.474. The van der Waals surface area contributed by atoms with Crippen molar-refractivity contribution in [3.05, 3.63) is 46.5 Å². The van der Waals surface area contributed by atoms with Crippen LogP contribution in [0.5, 0.6) is 0 Å². The lowest BCUT2D eigenvalue weighted by molar-refractivity contribution is -0.137. The minimum atomic E-state index is -4.38. The Balaban J connectivity index is 1.58. The molecule has 146 valence electrons. The van der Waals surface area contributed by atoms with E-state index in [1.165, 1.54) is 6.07 Å². The number of aryl methyl sites for hydroxylation is 2. The molecule has 5 nitrogen and oxygen atoms in total. The van der Waals surface area contributed by atoms with Crippen LogP contribution in [0, 0.1) is 20.8 Å². The van der Waals surface area contributed by atoms with Gasteiger partial charge >= 0.3 is 6.18 Å². The smallest absolute Gasteiger partial charge is 0.417 e. The van der Waals surface area contributed by atoms with E-state index in [0.717, 1.165) is 23.6 Å². The van der Waals surface area contributed by atoms with E-state index in [-0.39, 0.29) is 11.9 Å². The predicted octanol–water partition coefficient (Wildman–Crippen LogP) is 4.02. The summed E-state index contributed by atoms with van der Waals surface area (Å²) in [5.74, 6) is 1.72. The number of amides is 1. The number of piperidine rings is 1. The average molecular weight is 381 g/mol. The van der Waals surface area contributed by atoms with Gasteiger partial charge in [0.05, 0.1) is 11.1 Å². The summed E-state index contributed by atoms with van der Waals surface area (Å²) in [7, 11) is 0. The number of alkyl halides is 3. The molecule has 1 fully saturated rings. The maximum atomic E-state index is 12.6. The fourth-order valence-electron chi connectivity index (χ4n) is 3.38. The molecule has 1 aliphatic rings. The summed E-state index contributed by atoms with van der Waals surface area (Å²) in [6.45, 7) is 6.69. The Morgan fingerprint density at radius 1 is 1.19 bits per heavy atom. The summed E-state index contributed by atoms with van der Waals surface area (Å²) in [6, 6.07) is 2.45. The Morgan fingerprint density at radius 3 is 2.33 bits per heavy atom. The van der Waals surface area contributed by atoms with E-state index in [4.69, 9.17) is 4.42 Å². The summed E-state index contributed by atoms with van der Waals surface area (Å²) in [5, 5.41) is 3.04.